The molecule has 2 aliphatic rings. The molecule has 1 N–H and O–H groups in total. The minimum Gasteiger partial charge on any atom is -0.337 e. The molecule has 0 saturated carbocycles. The number of hydrogen-bond acceptors (Lipinski definition) is 5. The summed E-state index contributed by atoms with van der Waals surface area (Å²) in [5, 5.41) is 3.58. The average Bonchev–Trinajstić information content (AvgIpc) is 3.06. The summed E-state index contributed by atoms with van der Waals surface area (Å²) < 4.78 is 2.03. The van der Waals surface area contributed by atoms with Gasteiger partial charge in [0.25, 0.3) is 5.91 Å². The monoisotopic (exact) mass is 506 g/mol. The van der Waals surface area contributed by atoms with E-state index in [0.717, 1.165) is 62.1 Å². The molecular formula is C27H31ClN6O2. The summed E-state index contributed by atoms with van der Waals surface area (Å²) in [6.07, 6.45) is 7.21. The number of hydrogen-bond donors (Lipinski definition) is 1. The van der Waals surface area contributed by atoms with Gasteiger partial charge in [-0.05, 0) is 63.9 Å². The molecule has 0 aliphatic carbocycles. The molecule has 0 radical (unpaired) electrons. The summed E-state index contributed by atoms with van der Waals surface area (Å²) in [7, 11) is 2.07. The van der Waals surface area contributed by atoms with E-state index >= 15 is 0 Å². The number of halogens is 1. The van der Waals surface area contributed by atoms with Gasteiger partial charge in [-0.15, -0.1) is 0 Å². The van der Waals surface area contributed by atoms with Gasteiger partial charge in [-0.3, -0.25) is 19.9 Å². The van der Waals surface area contributed by atoms with Crippen LogP contribution in [0.5, 0.6) is 0 Å². The van der Waals surface area contributed by atoms with Crippen molar-refractivity contribution in [2.75, 3.05) is 38.5 Å². The molecule has 1 saturated heterocycles. The van der Waals surface area contributed by atoms with E-state index in [1.54, 1.807) is 18.3 Å². The van der Waals surface area contributed by atoms with Crippen molar-refractivity contribution >= 4 is 40.4 Å². The molecule has 188 valence electrons. The number of amides is 2. The van der Waals surface area contributed by atoms with Crippen LogP contribution in [-0.4, -0.2) is 69.4 Å². The molecule has 0 spiro atoms. The first-order valence-electron chi connectivity index (χ1n) is 12.5. The van der Waals surface area contributed by atoms with Crippen molar-refractivity contribution < 1.29 is 9.59 Å². The maximum atomic E-state index is 13.5. The number of likely N-dealkylation sites (N-methyl/N-ethyl adjacent to an activating group) is 1. The highest BCUT2D eigenvalue weighted by atomic mass is 35.5. The molecule has 4 heterocycles. The number of imidazole rings is 1. The third-order valence-corrected chi connectivity index (χ3v) is 7.34. The summed E-state index contributed by atoms with van der Waals surface area (Å²) in [5.74, 6) is 0.296. The lowest BCUT2D eigenvalue weighted by molar-refractivity contribution is -0.127. The smallest absolute Gasteiger partial charge is 0.258 e. The van der Waals surface area contributed by atoms with Crippen molar-refractivity contribution in [1.82, 2.24) is 24.3 Å². The second kappa shape index (κ2) is 10.4. The summed E-state index contributed by atoms with van der Waals surface area (Å²) in [4.78, 5) is 39.7. The molecule has 0 bridgehead atoms. The van der Waals surface area contributed by atoms with Gasteiger partial charge in [0.15, 0.2) is 0 Å². The van der Waals surface area contributed by atoms with Gasteiger partial charge in [-0.25, -0.2) is 4.98 Å². The molecule has 36 heavy (non-hydrogen) atoms. The van der Waals surface area contributed by atoms with Crippen LogP contribution in [0.4, 0.5) is 5.95 Å². The molecule has 2 aliphatic heterocycles. The lowest BCUT2D eigenvalue weighted by atomic mass is 10.1. The Bertz CT molecular complexity index is 1330. The largest absolute Gasteiger partial charge is 0.337 e. The van der Waals surface area contributed by atoms with E-state index in [9.17, 15) is 9.59 Å². The third-order valence-electron chi connectivity index (χ3n) is 7.03. The number of nitrogens with one attached hydrogen (secondary N) is 1. The van der Waals surface area contributed by atoms with Gasteiger partial charge >= 0.3 is 0 Å². The van der Waals surface area contributed by atoms with E-state index in [0.29, 0.717) is 28.6 Å². The first kappa shape index (κ1) is 24.5. The minimum atomic E-state index is -0.258. The van der Waals surface area contributed by atoms with Gasteiger partial charge in [0, 0.05) is 49.2 Å². The standard InChI is InChI=1S/C27H31ClN6O2/c1-18-16-20(9-12-29-18)25(35)31-27-30-23-8-5-7-22(28)24(23)34(27)21-6-3-4-13-33(17-21)26(36)19-10-14-32(2)15-11-19/h5,7-10,12,16,21H,3-4,6,11,13-15,17H2,1-2H3,(H,30,31,35)/t21-/m1/s1. The number of pyridine rings is 1. The highest BCUT2D eigenvalue weighted by Gasteiger charge is 2.29. The number of carbonyl (C=O) groups excluding carboxylic acids is 2. The van der Waals surface area contributed by atoms with Crippen molar-refractivity contribution in [3.05, 3.63) is 64.5 Å². The number of para-hydroxylation sites is 1. The number of carbonyl (C=O) groups is 2. The Hall–Kier alpha value is -3.23. The van der Waals surface area contributed by atoms with Gasteiger partial charge in [0.2, 0.25) is 11.9 Å². The Kier molecular flexibility index (Phi) is 7.07. The Morgan fingerprint density at radius 1 is 1.17 bits per heavy atom. The molecule has 9 heteroatoms. The molecule has 1 fully saturated rings. The highest BCUT2D eigenvalue weighted by molar-refractivity contribution is 6.35. The molecular weight excluding hydrogens is 476 g/mol. The number of benzene rings is 1. The van der Waals surface area contributed by atoms with Crippen molar-refractivity contribution in [3.8, 4) is 0 Å². The zero-order valence-corrected chi connectivity index (χ0v) is 21.5. The van der Waals surface area contributed by atoms with E-state index in [2.05, 4.69) is 28.3 Å². The Balaban J connectivity index is 1.49. The topological polar surface area (TPSA) is 83.4 Å². The SMILES string of the molecule is Cc1cc(C(=O)Nc2nc3cccc(Cl)c3n2[C@@H]2CCCCN(C(=O)C3=CCN(C)CC3)C2)ccn1. The van der Waals surface area contributed by atoms with Crippen LogP contribution in [0.25, 0.3) is 11.0 Å². The van der Waals surface area contributed by atoms with E-state index in [-0.39, 0.29) is 17.9 Å². The van der Waals surface area contributed by atoms with Crippen LogP contribution in [0.3, 0.4) is 0 Å². The third kappa shape index (κ3) is 5.01. The quantitative estimate of drug-likeness (QED) is 0.564. The second-order valence-electron chi connectivity index (χ2n) is 9.70. The number of nitrogens with zero attached hydrogens (tertiary/aromatic N) is 5. The van der Waals surface area contributed by atoms with Crippen molar-refractivity contribution in [3.63, 3.8) is 0 Å². The predicted octanol–water partition coefficient (Wildman–Crippen LogP) is 4.46. The normalized spacial score (nSPS) is 19.1. The van der Waals surface area contributed by atoms with E-state index in [4.69, 9.17) is 16.6 Å². The average molecular weight is 507 g/mol. The molecule has 3 aromatic rings. The molecule has 0 unspecified atom stereocenters. The zero-order chi connectivity index (χ0) is 25.2. The summed E-state index contributed by atoms with van der Waals surface area (Å²) in [5.41, 5.74) is 3.66. The first-order valence-corrected chi connectivity index (χ1v) is 12.9. The highest BCUT2D eigenvalue weighted by Crippen LogP contribution is 2.34. The zero-order valence-electron chi connectivity index (χ0n) is 20.7. The summed E-state index contributed by atoms with van der Waals surface area (Å²) in [6, 6.07) is 8.95. The van der Waals surface area contributed by atoms with Crippen LogP contribution in [-0.2, 0) is 4.79 Å². The molecule has 1 atom stereocenters. The van der Waals surface area contributed by atoms with Crippen LogP contribution >= 0.6 is 11.6 Å². The van der Waals surface area contributed by atoms with Crippen LogP contribution in [0, 0.1) is 6.92 Å². The van der Waals surface area contributed by atoms with Crippen LogP contribution in [0.1, 0.15) is 47.8 Å². The van der Waals surface area contributed by atoms with Gasteiger partial charge < -0.3 is 14.4 Å². The Labute approximate surface area is 215 Å². The number of anilines is 1. The summed E-state index contributed by atoms with van der Waals surface area (Å²) in [6.45, 7) is 4.80. The lowest BCUT2D eigenvalue weighted by Crippen LogP contribution is -2.38. The van der Waals surface area contributed by atoms with Gasteiger partial charge in [0.05, 0.1) is 22.1 Å². The fourth-order valence-electron chi connectivity index (χ4n) is 5.09. The number of aryl methyl sites for hydroxylation is 1. The second-order valence-corrected chi connectivity index (χ2v) is 10.1. The van der Waals surface area contributed by atoms with Crippen molar-refractivity contribution in [1.29, 1.82) is 0 Å². The van der Waals surface area contributed by atoms with Crippen LogP contribution < -0.4 is 5.32 Å². The number of likely N-dealkylation sites (tertiary alicyclic amines) is 1. The van der Waals surface area contributed by atoms with E-state index in [1.807, 2.05) is 34.6 Å². The number of fused-ring (bicyclic) bond motifs is 1. The molecule has 2 amide bonds. The Morgan fingerprint density at radius 2 is 2.03 bits per heavy atom. The predicted molar refractivity (Wildman–Crippen MR) is 141 cm³/mol. The van der Waals surface area contributed by atoms with Gasteiger partial charge in [-0.2, -0.15) is 0 Å². The summed E-state index contributed by atoms with van der Waals surface area (Å²) >= 11 is 6.67. The van der Waals surface area contributed by atoms with Crippen LogP contribution in [0.15, 0.2) is 48.2 Å². The van der Waals surface area contributed by atoms with E-state index in [1.165, 1.54) is 0 Å². The lowest BCUT2D eigenvalue weighted by Gasteiger charge is -2.29. The Morgan fingerprint density at radius 3 is 2.81 bits per heavy atom. The fraction of sp³-hybridized carbons (Fsp3) is 0.407. The molecule has 5 rings (SSSR count). The van der Waals surface area contributed by atoms with Gasteiger partial charge in [0.1, 0.15) is 0 Å². The molecule has 8 nitrogen and oxygen atoms in total. The number of rotatable bonds is 4. The van der Waals surface area contributed by atoms with Crippen molar-refractivity contribution in [2.45, 2.75) is 38.6 Å². The maximum absolute atomic E-state index is 13.5. The fourth-order valence-corrected chi connectivity index (χ4v) is 5.35. The maximum Gasteiger partial charge on any atom is 0.258 e. The molecule has 1 aromatic carbocycles. The van der Waals surface area contributed by atoms with E-state index < -0.39 is 0 Å². The van der Waals surface area contributed by atoms with Crippen molar-refractivity contribution in [2.24, 2.45) is 0 Å². The van der Waals surface area contributed by atoms with Gasteiger partial charge in [-0.1, -0.05) is 23.7 Å². The van der Waals surface area contributed by atoms with Crippen LogP contribution in [0.2, 0.25) is 5.02 Å². The minimum absolute atomic E-state index is 0.0670. The first-order chi connectivity index (χ1) is 17.4. The molecule has 2 aromatic heterocycles. The number of aromatic nitrogens is 3.